The fraction of sp³-hybridized carbons (Fsp3) is 0.385. The Balaban J connectivity index is 2.33. The summed E-state index contributed by atoms with van der Waals surface area (Å²) >= 11 is 1.31. The maximum absolute atomic E-state index is 5.68. The number of aromatic nitrogens is 4. The normalized spacial score (nSPS) is 10.9. The highest BCUT2D eigenvalue weighted by molar-refractivity contribution is 7.99. The lowest BCUT2D eigenvalue weighted by Gasteiger charge is -2.10. The van der Waals surface area contributed by atoms with Gasteiger partial charge in [-0.2, -0.15) is 0 Å². The van der Waals surface area contributed by atoms with Crippen LogP contribution < -0.4 is 16.8 Å². The number of nitrogen functional groups attached to an aromatic ring is 2. The average Bonchev–Trinajstić information content (AvgIpc) is 2.37. The highest BCUT2D eigenvalue weighted by Gasteiger charge is 2.11. The van der Waals surface area contributed by atoms with Gasteiger partial charge in [-0.3, -0.25) is 0 Å². The maximum Gasteiger partial charge on any atom is 0.197 e. The summed E-state index contributed by atoms with van der Waals surface area (Å²) < 4.78 is 0. The lowest BCUT2D eigenvalue weighted by atomic mass is 10.2. The number of hydrogen-bond donors (Lipinski definition) is 3. The first-order valence-electron chi connectivity index (χ1n) is 6.68. The van der Waals surface area contributed by atoms with Gasteiger partial charge in [-0.25, -0.2) is 19.9 Å². The zero-order valence-corrected chi connectivity index (χ0v) is 13.1. The van der Waals surface area contributed by atoms with Crippen molar-refractivity contribution in [2.75, 3.05) is 23.3 Å². The maximum atomic E-state index is 5.68. The molecule has 0 aliphatic rings. The van der Waals surface area contributed by atoms with Gasteiger partial charge >= 0.3 is 0 Å². The standard InChI is InChI=1S/C13H19N7S/c1-4-16-10-6-11(20-12(19-10)7(2)3)21-13-17-8(14)5-9(15)18-13/h5-7H,4H2,1-3H3,(H,16,19,20)(H4,14,15,17,18). The van der Waals surface area contributed by atoms with E-state index in [2.05, 4.69) is 39.1 Å². The summed E-state index contributed by atoms with van der Waals surface area (Å²) in [5, 5.41) is 4.43. The lowest BCUT2D eigenvalue weighted by molar-refractivity contribution is 0.753. The Hall–Kier alpha value is -2.09. The van der Waals surface area contributed by atoms with Crippen molar-refractivity contribution < 1.29 is 0 Å². The third-order valence-electron chi connectivity index (χ3n) is 2.54. The first-order valence-corrected chi connectivity index (χ1v) is 7.50. The zero-order valence-electron chi connectivity index (χ0n) is 12.3. The Morgan fingerprint density at radius 2 is 1.76 bits per heavy atom. The van der Waals surface area contributed by atoms with E-state index in [4.69, 9.17) is 11.5 Å². The first kappa shape index (κ1) is 15.3. The Bertz CT molecular complexity index is 610. The predicted molar refractivity (Wildman–Crippen MR) is 85.3 cm³/mol. The van der Waals surface area contributed by atoms with Gasteiger partial charge in [0.1, 0.15) is 28.3 Å². The minimum atomic E-state index is 0.231. The Kier molecular flexibility index (Phi) is 4.79. The fourth-order valence-electron chi connectivity index (χ4n) is 1.63. The lowest BCUT2D eigenvalue weighted by Crippen LogP contribution is -2.06. The number of nitrogens with one attached hydrogen (secondary N) is 1. The second-order valence-electron chi connectivity index (χ2n) is 4.74. The molecule has 0 unspecified atom stereocenters. The van der Waals surface area contributed by atoms with Crippen LogP contribution in [-0.4, -0.2) is 26.5 Å². The zero-order chi connectivity index (χ0) is 15.4. The number of nitrogens with two attached hydrogens (primary N) is 2. The molecular weight excluding hydrogens is 286 g/mol. The van der Waals surface area contributed by atoms with Crippen molar-refractivity contribution >= 4 is 29.2 Å². The Labute approximate surface area is 128 Å². The molecule has 7 nitrogen and oxygen atoms in total. The number of hydrogen-bond acceptors (Lipinski definition) is 8. The molecule has 2 rings (SSSR count). The van der Waals surface area contributed by atoms with Gasteiger partial charge in [-0.05, 0) is 18.7 Å². The molecule has 2 heterocycles. The van der Waals surface area contributed by atoms with Gasteiger partial charge in [0, 0.05) is 24.6 Å². The highest BCUT2D eigenvalue weighted by Crippen LogP contribution is 2.27. The fourth-order valence-corrected chi connectivity index (χ4v) is 2.42. The van der Waals surface area contributed by atoms with Crippen molar-refractivity contribution in [1.29, 1.82) is 0 Å². The summed E-state index contributed by atoms with van der Waals surface area (Å²) in [4.78, 5) is 17.3. The van der Waals surface area contributed by atoms with E-state index >= 15 is 0 Å². The average molecular weight is 305 g/mol. The molecule has 0 radical (unpaired) electrons. The van der Waals surface area contributed by atoms with E-state index in [1.165, 1.54) is 17.8 Å². The van der Waals surface area contributed by atoms with Crippen molar-refractivity contribution in [2.24, 2.45) is 0 Å². The topological polar surface area (TPSA) is 116 Å². The van der Waals surface area contributed by atoms with Crippen LogP contribution in [0.3, 0.4) is 0 Å². The molecule has 0 aromatic carbocycles. The van der Waals surface area contributed by atoms with Crippen molar-refractivity contribution in [3.05, 3.63) is 18.0 Å². The molecule has 8 heteroatoms. The van der Waals surface area contributed by atoms with Crippen LogP contribution >= 0.6 is 11.8 Å². The van der Waals surface area contributed by atoms with Crippen molar-refractivity contribution in [3.8, 4) is 0 Å². The molecule has 0 aliphatic heterocycles. The van der Waals surface area contributed by atoms with Gasteiger partial charge in [-0.1, -0.05) is 13.8 Å². The van der Waals surface area contributed by atoms with Gasteiger partial charge in [-0.15, -0.1) is 0 Å². The summed E-state index contributed by atoms with van der Waals surface area (Å²) in [7, 11) is 0. The third-order valence-corrected chi connectivity index (χ3v) is 3.32. The quantitative estimate of drug-likeness (QED) is 0.568. The van der Waals surface area contributed by atoms with Gasteiger partial charge in [0.25, 0.3) is 0 Å². The minimum Gasteiger partial charge on any atom is -0.383 e. The highest BCUT2D eigenvalue weighted by atomic mass is 32.2. The number of rotatable bonds is 5. The van der Waals surface area contributed by atoms with Gasteiger partial charge in [0.15, 0.2) is 5.16 Å². The SMILES string of the molecule is CCNc1cc(Sc2nc(N)cc(N)n2)nc(C(C)C)n1. The van der Waals surface area contributed by atoms with E-state index in [0.717, 1.165) is 23.2 Å². The Morgan fingerprint density at radius 1 is 1.10 bits per heavy atom. The summed E-state index contributed by atoms with van der Waals surface area (Å²) in [6.45, 7) is 6.91. The van der Waals surface area contributed by atoms with E-state index in [9.17, 15) is 0 Å². The van der Waals surface area contributed by atoms with Crippen LogP contribution in [-0.2, 0) is 0 Å². The molecule has 0 spiro atoms. The molecule has 0 bridgehead atoms. The smallest absolute Gasteiger partial charge is 0.197 e. The molecule has 5 N–H and O–H groups in total. The molecule has 0 saturated heterocycles. The summed E-state index contributed by atoms with van der Waals surface area (Å²) in [6, 6.07) is 3.39. The van der Waals surface area contributed by atoms with Crippen molar-refractivity contribution in [3.63, 3.8) is 0 Å². The van der Waals surface area contributed by atoms with Crippen LogP contribution in [0.4, 0.5) is 17.5 Å². The van der Waals surface area contributed by atoms with Crippen LogP contribution in [0.2, 0.25) is 0 Å². The van der Waals surface area contributed by atoms with Crippen LogP contribution in [0.15, 0.2) is 22.3 Å². The molecule has 0 saturated carbocycles. The van der Waals surface area contributed by atoms with Gasteiger partial charge < -0.3 is 16.8 Å². The van der Waals surface area contributed by atoms with E-state index in [1.807, 2.05) is 13.0 Å². The predicted octanol–water partition coefficient (Wildman–Crippen LogP) is 2.14. The second-order valence-corrected chi connectivity index (χ2v) is 5.72. The minimum absolute atomic E-state index is 0.231. The van der Waals surface area contributed by atoms with Crippen LogP contribution in [0.1, 0.15) is 32.5 Å². The number of anilines is 3. The third kappa shape index (κ3) is 4.19. The second kappa shape index (κ2) is 6.57. The molecule has 0 fully saturated rings. The molecule has 0 amide bonds. The molecule has 2 aromatic heterocycles. The molecule has 0 aliphatic carbocycles. The van der Waals surface area contributed by atoms with Crippen LogP contribution in [0.5, 0.6) is 0 Å². The van der Waals surface area contributed by atoms with E-state index < -0.39 is 0 Å². The van der Waals surface area contributed by atoms with Crippen LogP contribution in [0.25, 0.3) is 0 Å². The van der Waals surface area contributed by atoms with E-state index in [-0.39, 0.29) is 5.92 Å². The summed E-state index contributed by atoms with van der Waals surface area (Å²) in [6.07, 6.45) is 0. The largest absolute Gasteiger partial charge is 0.383 e. The monoisotopic (exact) mass is 305 g/mol. The molecule has 0 atom stereocenters. The van der Waals surface area contributed by atoms with Crippen LogP contribution in [0, 0.1) is 0 Å². The summed E-state index contributed by atoms with van der Waals surface area (Å²) in [5.41, 5.74) is 11.4. The molecule has 21 heavy (non-hydrogen) atoms. The number of nitrogens with zero attached hydrogens (tertiary/aromatic N) is 4. The van der Waals surface area contributed by atoms with E-state index in [0.29, 0.717) is 16.8 Å². The van der Waals surface area contributed by atoms with Gasteiger partial charge in [0.05, 0.1) is 0 Å². The Morgan fingerprint density at radius 3 is 2.33 bits per heavy atom. The molecular formula is C13H19N7S. The van der Waals surface area contributed by atoms with Crippen molar-refractivity contribution in [1.82, 2.24) is 19.9 Å². The van der Waals surface area contributed by atoms with Gasteiger partial charge in [0.2, 0.25) is 0 Å². The molecule has 112 valence electrons. The van der Waals surface area contributed by atoms with E-state index in [1.54, 1.807) is 0 Å². The molecule has 2 aromatic rings. The first-order chi connectivity index (χ1) is 9.97. The van der Waals surface area contributed by atoms with Crippen molar-refractivity contribution in [2.45, 2.75) is 36.9 Å². The summed E-state index contributed by atoms with van der Waals surface area (Å²) in [5.74, 6) is 2.48.